The molecule has 0 saturated carbocycles. The second-order valence-electron chi connectivity index (χ2n) is 5.26. The Morgan fingerprint density at radius 2 is 1.91 bits per heavy atom. The number of methoxy groups -OCH3 is 1. The molecule has 0 aliphatic heterocycles. The summed E-state index contributed by atoms with van der Waals surface area (Å²) < 4.78 is 4.64. The molecule has 3 atom stereocenters. The van der Waals surface area contributed by atoms with E-state index in [-0.39, 0.29) is 5.92 Å². The Balaban J connectivity index is 2.98. The van der Waals surface area contributed by atoms with Crippen molar-refractivity contribution in [3.8, 4) is 0 Å². The quantitative estimate of drug-likeness (QED) is 0.343. The SMILES string of the molecule is COC(=O)[C@H](NC(=O)[C@H](N=[N+]=[N-])[C@@H](O)c1ccccc1)C(C)C. The van der Waals surface area contributed by atoms with Gasteiger partial charge in [0.05, 0.1) is 13.2 Å². The van der Waals surface area contributed by atoms with Gasteiger partial charge in [0.15, 0.2) is 0 Å². The number of carbonyl (C=O) groups excluding carboxylic acids is 2. The van der Waals surface area contributed by atoms with E-state index in [2.05, 4.69) is 20.1 Å². The smallest absolute Gasteiger partial charge is 0.328 e. The molecule has 8 nitrogen and oxygen atoms in total. The van der Waals surface area contributed by atoms with E-state index in [9.17, 15) is 14.7 Å². The maximum absolute atomic E-state index is 12.3. The number of esters is 1. The number of nitrogens with zero attached hydrogens (tertiary/aromatic N) is 3. The van der Waals surface area contributed by atoms with Crippen molar-refractivity contribution in [2.75, 3.05) is 7.11 Å². The lowest BCUT2D eigenvalue weighted by Gasteiger charge is -2.24. The molecule has 0 heterocycles. The van der Waals surface area contributed by atoms with Gasteiger partial charge in [-0.25, -0.2) is 4.79 Å². The maximum atomic E-state index is 12.3. The molecule has 0 radical (unpaired) electrons. The fourth-order valence-corrected chi connectivity index (χ4v) is 2.01. The number of hydrogen-bond acceptors (Lipinski definition) is 5. The topological polar surface area (TPSA) is 124 Å². The van der Waals surface area contributed by atoms with Crippen LogP contribution in [0.3, 0.4) is 0 Å². The van der Waals surface area contributed by atoms with Gasteiger partial charge in [0.1, 0.15) is 12.1 Å². The van der Waals surface area contributed by atoms with Crippen molar-refractivity contribution in [3.05, 3.63) is 46.3 Å². The van der Waals surface area contributed by atoms with Gasteiger partial charge in [0.2, 0.25) is 5.91 Å². The summed E-state index contributed by atoms with van der Waals surface area (Å²) in [4.78, 5) is 26.7. The van der Waals surface area contributed by atoms with E-state index in [4.69, 9.17) is 5.53 Å². The Morgan fingerprint density at radius 3 is 2.39 bits per heavy atom. The lowest BCUT2D eigenvalue weighted by molar-refractivity contribution is -0.146. The molecule has 0 bridgehead atoms. The van der Waals surface area contributed by atoms with E-state index < -0.39 is 30.1 Å². The number of benzene rings is 1. The summed E-state index contributed by atoms with van der Waals surface area (Å²) in [7, 11) is 1.22. The van der Waals surface area contributed by atoms with Crippen LogP contribution in [0.15, 0.2) is 35.4 Å². The highest BCUT2D eigenvalue weighted by Crippen LogP contribution is 2.20. The summed E-state index contributed by atoms with van der Waals surface area (Å²) in [6.07, 6.45) is -1.32. The molecule has 23 heavy (non-hydrogen) atoms. The molecule has 0 aliphatic rings. The molecule has 0 aliphatic carbocycles. The summed E-state index contributed by atoms with van der Waals surface area (Å²) in [6.45, 7) is 3.47. The summed E-state index contributed by atoms with van der Waals surface area (Å²) >= 11 is 0. The zero-order valence-electron chi connectivity index (χ0n) is 13.2. The summed E-state index contributed by atoms with van der Waals surface area (Å²) in [5.74, 6) is -1.59. The van der Waals surface area contributed by atoms with Crippen molar-refractivity contribution in [1.82, 2.24) is 5.32 Å². The van der Waals surface area contributed by atoms with Crippen LogP contribution >= 0.6 is 0 Å². The minimum atomic E-state index is -1.40. The zero-order valence-corrected chi connectivity index (χ0v) is 13.2. The molecule has 0 unspecified atom stereocenters. The maximum Gasteiger partial charge on any atom is 0.328 e. The molecule has 1 aromatic rings. The molecular formula is C15H20N4O4. The van der Waals surface area contributed by atoms with E-state index in [1.807, 2.05) is 0 Å². The zero-order chi connectivity index (χ0) is 17.4. The first kappa shape index (κ1) is 18.5. The van der Waals surface area contributed by atoms with Gasteiger partial charge in [-0.3, -0.25) is 4.79 Å². The number of carbonyl (C=O) groups is 2. The number of hydrogen-bond donors (Lipinski definition) is 2. The van der Waals surface area contributed by atoms with Gasteiger partial charge in [0.25, 0.3) is 0 Å². The van der Waals surface area contributed by atoms with Crippen molar-refractivity contribution in [1.29, 1.82) is 0 Å². The molecule has 0 saturated heterocycles. The van der Waals surface area contributed by atoms with Crippen LogP contribution in [-0.4, -0.2) is 36.2 Å². The van der Waals surface area contributed by atoms with Crippen LogP contribution in [0, 0.1) is 5.92 Å². The fraction of sp³-hybridized carbons (Fsp3) is 0.467. The molecule has 1 rings (SSSR count). The molecule has 0 fully saturated rings. The first-order chi connectivity index (χ1) is 10.9. The van der Waals surface area contributed by atoms with Crippen molar-refractivity contribution in [3.63, 3.8) is 0 Å². The van der Waals surface area contributed by atoms with Crippen LogP contribution in [0.2, 0.25) is 0 Å². The average Bonchev–Trinajstić information content (AvgIpc) is 2.56. The van der Waals surface area contributed by atoms with E-state index in [0.29, 0.717) is 5.56 Å². The third-order valence-corrected chi connectivity index (χ3v) is 3.30. The van der Waals surface area contributed by atoms with Gasteiger partial charge < -0.3 is 15.2 Å². The van der Waals surface area contributed by atoms with Crippen LogP contribution in [-0.2, 0) is 14.3 Å². The number of rotatable bonds is 7. The largest absolute Gasteiger partial charge is 0.467 e. The predicted octanol–water partition coefficient (Wildman–Crippen LogP) is 1.71. The van der Waals surface area contributed by atoms with Crippen molar-refractivity contribution < 1.29 is 19.4 Å². The Hall–Kier alpha value is -2.57. The molecule has 0 spiro atoms. The van der Waals surface area contributed by atoms with E-state index in [1.165, 1.54) is 7.11 Å². The van der Waals surface area contributed by atoms with Crippen molar-refractivity contribution in [2.45, 2.75) is 32.0 Å². The van der Waals surface area contributed by atoms with E-state index in [1.54, 1.807) is 44.2 Å². The summed E-state index contributed by atoms with van der Waals surface area (Å²) in [5.41, 5.74) is 9.09. The third-order valence-electron chi connectivity index (χ3n) is 3.30. The summed E-state index contributed by atoms with van der Waals surface area (Å²) in [6, 6.07) is 6.06. The summed E-state index contributed by atoms with van der Waals surface area (Å²) in [5, 5.41) is 16.1. The van der Waals surface area contributed by atoms with Gasteiger partial charge in [0, 0.05) is 4.91 Å². The highest BCUT2D eigenvalue weighted by Gasteiger charge is 2.32. The van der Waals surface area contributed by atoms with Gasteiger partial charge in [-0.2, -0.15) is 0 Å². The number of azide groups is 1. The first-order valence-corrected chi connectivity index (χ1v) is 7.07. The predicted molar refractivity (Wildman–Crippen MR) is 83.1 cm³/mol. The minimum Gasteiger partial charge on any atom is -0.467 e. The van der Waals surface area contributed by atoms with Gasteiger partial charge in [-0.05, 0) is 17.0 Å². The van der Waals surface area contributed by atoms with Gasteiger partial charge >= 0.3 is 5.97 Å². The lowest BCUT2D eigenvalue weighted by atomic mass is 10.00. The molecule has 8 heteroatoms. The van der Waals surface area contributed by atoms with Crippen molar-refractivity contribution >= 4 is 11.9 Å². The van der Waals surface area contributed by atoms with Crippen LogP contribution in [0.5, 0.6) is 0 Å². The minimum absolute atomic E-state index is 0.230. The van der Waals surface area contributed by atoms with Crippen LogP contribution < -0.4 is 5.32 Å². The standard InChI is InChI=1S/C15H20N4O4/c1-9(2)11(15(22)23-3)17-14(21)12(18-19-16)13(20)10-7-5-4-6-8-10/h4-9,11-13,20H,1-3H3,(H,17,21)/t11-,12-,13+/m1/s1. The van der Waals surface area contributed by atoms with Crippen LogP contribution in [0.25, 0.3) is 10.4 Å². The number of aliphatic hydroxyl groups is 1. The van der Waals surface area contributed by atoms with E-state index in [0.717, 1.165) is 0 Å². The molecule has 1 aromatic carbocycles. The number of nitrogens with one attached hydrogen (secondary N) is 1. The number of aliphatic hydroxyl groups excluding tert-OH is 1. The molecule has 2 N–H and O–H groups in total. The lowest BCUT2D eigenvalue weighted by Crippen LogP contribution is -2.49. The normalized spacial score (nSPS) is 14.3. The van der Waals surface area contributed by atoms with Crippen molar-refractivity contribution in [2.24, 2.45) is 11.0 Å². The average molecular weight is 320 g/mol. The second-order valence-corrected chi connectivity index (χ2v) is 5.26. The molecule has 0 aromatic heterocycles. The number of amides is 1. The van der Waals surface area contributed by atoms with Crippen LogP contribution in [0.1, 0.15) is 25.5 Å². The van der Waals surface area contributed by atoms with Gasteiger partial charge in [-0.1, -0.05) is 49.3 Å². The van der Waals surface area contributed by atoms with E-state index >= 15 is 0 Å². The Labute approximate surface area is 134 Å². The second kappa shape index (κ2) is 8.77. The third kappa shape index (κ3) is 4.98. The molecule has 1 amide bonds. The van der Waals surface area contributed by atoms with Gasteiger partial charge in [-0.15, -0.1) is 0 Å². The molecule has 124 valence electrons. The molecular weight excluding hydrogens is 300 g/mol. The monoisotopic (exact) mass is 320 g/mol. The fourth-order valence-electron chi connectivity index (χ4n) is 2.01. The Bertz CT molecular complexity index is 584. The number of ether oxygens (including phenoxy) is 1. The Kier molecular flexibility index (Phi) is 7.05. The van der Waals surface area contributed by atoms with Crippen LogP contribution in [0.4, 0.5) is 0 Å². The first-order valence-electron chi connectivity index (χ1n) is 7.07. The highest BCUT2D eigenvalue weighted by atomic mass is 16.5. The Morgan fingerprint density at radius 1 is 1.30 bits per heavy atom. The highest BCUT2D eigenvalue weighted by molar-refractivity contribution is 5.88.